The highest BCUT2D eigenvalue weighted by Gasteiger charge is 2.32. The van der Waals surface area contributed by atoms with E-state index in [1.807, 2.05) is 35.4 Å². The lowest BCUT2D eigenvalue weighted by Gasteiger charge is -2.21. The number of amides is 1. The molecule has 0 N–H and O–H groups in total. The Balaban J connectivity index is 1.58. The fourth-order valence-electron chi connectivity index (χ4n) is 2.32. The summed E-state index contributed by atoms with van der Waals surface area (Å²) in [5.41, 5.74) is 1.11. The molecule has 1 aliphatic rings. The molecular weight excluding hydrogens is 252 g/mol. The third-order valence-corrected chi connectivity index (χ3v) is 3.56. The van der Waals surface area contributed by atoms with Gasteiger partial charge in [-0.05, 0) is 43.0 Å². The summed E-state index contributed by atoms with van der Waals surface area (Å²) < 4.78 is 5.35. The molecule has 104 valence electrons. The first kappa shape index (κ1) is 12.9. The van der Waals surface area contributed by atoms with Crippen molar-refractivity contribution in [3.05, 3.63) is 54.2 Å². The van der Waals surface area contributed by atoms with Gasteiger partial charge in [0.25, 0.3) is 0 Å². The summed E-state index contributed by atoms with van der Waals surface area (Å²) in [6.45, 7) is 0.587. The summed E-state index contributed by atoms with van der Waals surface area (Å²) in [5, 5.41) is 0. The highest BCUT2D eigenvalue weighted by Crippen LogP contribution is 2.29. The summed E-state index contributed by atoms with van der Waals surface area (Å²) in [6, 6.07) is 8.10. The summed E-state index contributed by atoms with van der Waals surface area (Å²) >= 11 is 0. The van der Waals surface area contributed by atoms with E-state index in [-0.39, 0.29) is 5.91 Å². The van der Waals surface area contributed by atoms with Crippen LogP contribution in [0.5, 0.6) is 0 Å². The van der Waals surface area contributed by atoms with Crippen molar-refractivity contribution < 1.29 is 9.21 Å². The normalized spacial score (nSPS) is 14.2. The highest BCUT2D eigenvalue weighted by atomic mass is 16.3. The number of pyridine rings is 1. The molecule has 1 amide bonds. The number of nitrogens with zero attached hydrogens (tertiary/aromatic N) is 2. The van der Waals surface area contributed by atoms with E-state index < -0.39 is 0 Å². The fourth-order valence-corrected chi connectivity index (χ4v) is 2.32. The van der Waals surface area contributed by atoms with Crippen molar-refractivity contribution in [2.45, 2.75) is 38.3 Å². The molecule has 0 radical (unpaired) electrons. The molecule has 2 aromatic heterocycles. The maximum Gasteiger partial charge on any atom is 0.223 e. The third-order valence-electron chi connectivity index (χ3n) is 3.56. The van der Waals surface area contributed by atoms with Crippen LogP contribution in [0.1, 0.15) is 30.6 Å². The molecule has 0 aliphatic heterocycles. The number of aryl methyl sites for hydroxylation is 1. The number of hydrogen-bond donors (Lipinski definition) is 0. The topological polar surface area (TPSA) is 46.3 Å². The Labute approximate surface area is 118 Å². The van der Waals surface area contributed by atoms with E-state index in [4.69, 9.17) is 4.42 Å². The van der Waals surface area contributed by atoms with Crippen molar-refractivity contribution in [2.75, 3.05) is 0 Å². The van der Waals surface area contributed by atoms with E-state index in [0.29, 0.717) is 19.0 Å². The standard InChI is InChI=1S/C16H18N2O2/c19-16(8-5-13-3-1-9-17-11-13)18(14-6-7-14)12-15-4-2-10-20-15/h1-4,9-11,14H,5-8,12H2. The monoisotopic (exact) mass is 270 g/mol. The van der Waals surface area contributed by atoms with Crippen LogP contribution in [0.25, 0.3) is 0 Å². The van der Waals surface area contributed by atoms with Gasteiger partial charge in [-0.15, -0.1) is 0 Å². The molecule has 1 saturated carbocycles. The van der Waals surface area contributed by atoms with Crippen LogP contribution < -0.4 is 0 Å². The van der Waals surface area contributed by atoms with E-state index in [2.05, 4.69) is 4.98 Å². The second kappa shape index (κ2) is 5.90. The van der Waals surface area contributed by atoms with Gasteiger partial charge in [0.15, 0.2) is 0 Å². The third kappa shape index (κ3) is 3.26. The molecule has 3 rings (SSSR count). The number of rotatable bonds is 6. The van der Waals surface area contributed by atoms with Gasteiger partial charge in [0.1, 0.15) is 5.76 Å². The van der Waals surface area contributed by atoms with Crippen molar-refractivity contribution in [3.63, 3.8) is 0 Å². The van der Waals surface area contributed by atoms with E-state index >= 15 is 0 Å². The minimum atomic E-state index is 0.202. The van der Waals surface area contributed by atoms with Crippen LogP contribution in [-0.2, 0) is 17.8 Å². The lowest BCUT2D eigenvalue weighted by atomic mass is 10.1. The Kier molecular flexibility index (Phi) is 3.81. The molecule has 0 saturated heterocycles. The van der Waals surface area contributed by atoms with E-state index in [1.165, 1.54) is 0 Å². The predicted molar refractivity (Wildman–Crippen MR) is 74.8 cm³/mol. The van der Waals surface area contributed by atoms with Crippen LogP contribution in [0, 0.1) is 0 Å². The van der Waals surface area contributed by atoms with Crippen molar-refractivity contribution in [2.24, 2.45) is 0 Å². The molecule has 0 aromatic carbocycles. The van der Waals surface area contributed by atoms with Crippen molar-refractivity contribution >= 4 is 5.91 Å². The van der Waals surface area contributed by atoms with Crippen molar-refractivity contribution in [1.82, 2.24) is 9.88 Å². The van der Waals surface area contributed by atoms with Crippen LogP contribution in [0.4, 0.5) is 0 Å². The second-order valence-corrected chi connectivity index (χ2v) is 5.19. The van der Waals surface area contributed by atoms with Crippen LogP contribution in [0.3, 0.4) is 0 Å². The van der Waals surface area contributed by atoms with Gasteiger partial charge in [-0.3, -0.25) is 9.78 Å². The van der Waals surface area contributed by atoms with E-state index in [9.17, 15) is 4.79 Å². The molecular formula is C16H18N2O2. The Bertz CT molecular complexity index is 547. The Hall–Kier alpha value is -2.10. The minimum Gasteiger partial charge on any atom is -0.467 e. The molecule has 4 nitrogen and oxygen atoms in total. The molecule has 1 fully saturated rings. The van der Waals surface area contributed by atoms with Gasteiger partial charge in [-0.2, -0.15) is 0 Å². The molecule has 20 heavy (non-hydrogen) atoms. The smallest absolute Gasteiger partial charge is 0.223 e. The van der Waals surface area contributed by atoms with Crippen LogP contribution >= 0.6 is 0 Å². The van der Waals surface area contributed by atoms with Crippen molar-refractivity contribution in [3.8, 4) is 0 Å². The average molecular weight is 270 g/mol. The van der Waals surface area contributed by atoms with Gasteiger partial charge < -0.3 is 9.32 Å². The van der Waals surface area contributed by atoms with Gasteiger partial charge in [0.2, 0.25) is 5.91 Å². The quantitative estimate of drug-likeness (QED) is 0.811. The number of carbonyl (C=O) groups excluding carboxylic acids is 1. The second-order valence-electron chi connectivity index (χ2n) is 5.19. The lowest BCUT2D eigenvalue weighted by Crippen LogP contribution is -2.32. The first-order chi connectivity index (χ1) is 9.83. The van der Waals surface area contributed by atoms with E-state index in [1.54, 1.807) is 12.5 Å². The lowest BCUT2D eigenvalue weighted by molar-refractivity contribution is -0.132. The minimum absolute atomic E-state index is 0.202. The molecule has 0 atom stereocenters. The van der Waals surface area contributed by atoms with E-state index in [0.717, 1.165) is 30.6 Å². The predicted octanol–water partition coefficient (Wildman–Crippen LogP) is 2.80. The summed E-state index contributed by atoms with van der Waals surface area (Å²) in [6.07, 6.45) is 8.72. The zero-order chi connectivity index (χ0) is 13.8. The van der Waals surface area contributed by atoms with Gasteiger partial charge in [0.05, 0.1) is 12.8 Å². The number of furan rings is 1. The fraction of sp³-hybridized carbons (Fsp3) is 0.375. The molecule has 4 heteroatoms. The molecule has 0 spiro atoms. The molecule has 1 aliphatic carbocycles. The Morgan fingerprint density at radius 1 is 1.35 bits per heavy atom. The Morgan fingerprint density at radius 2 is 2.25 bits per heavy atom. The maximum atomic E-state index is 12.4. The van der Waals surface area contributed by atoms with Crippen LogP contribution in [-0.4, -0.2) is 21.8 Å². The molecule has 2 aromatic rings. The SMILES string of the molecule is O=C(CCc1cccnc1)N(Cc1ccco1)C1CC1. The highest BCUT2D eigenvalue weighted by molar-refractivity contribution is 5.77. The average Bonchev–Trinajstić information content (AvgIpc) is 3.20. The first-order valence-electron chi connectivity index (χ1n) is 7.03. The summed E-state index contributed by atoms with van der Waals surface area (Å²) in [5.74, 6) is 1.05. The largest absolute Gasteiger partial charge is 0.467 e. The van der Waals surface area contributed by atoms with Gasteiger partial charge in [-0.25, -0.2) is 0 Å². The summed E-state index contributed by atoms with van der Waals surface area (Å²) in [7, 11) is 0. The number of aromatic nitrogens is 1. The maximum absolute atomic E-state index is 12.4. The molecule has 0 bridgehead atoms. The van der Waals surface area contributed by atoms with Crippen LogP contribution in [0.15, 0.2) is 47.3 Å². The van der Waals surface area contributed by atoms with Gasteiger partial charge in [-0.1, -0.05) is 6.07 Å². The van der Waals surface area contributed by atoms with Crippen molar-refractivity contribution in [1.29, 1.82) is 0 Å². The van der Waals surface area contributed by atoms with Crippen LogP contribution in [0.2, 0.25) is 0 Å². The number of hydrogen-bond acceptors (Lipinski definition) is 3. The van der Waals surface area contributed by atoms with Gasteiger partial charge >= 0.3 is 0 Å². The summed E-state index contributed by atoms with van der Waals surface area (Å²) in [4.78, 5) is 18.4. The number of carbonyl (C=O) groups is 1. The molecule has 2 heterocycles. The zero-order valence-electron chi connectivity index (χ0n) is 11.4. The Morgan fingerprint density at radius 3 is 2.90 bits per heavy atom. The van der Waals surface area contributed by atoms with Gasteiger partial charge in [0, 0.05) is 24.9 Å². The first-order valence-corrected chi connectivity index (χ1v) is 7.03. The molecule has 0 unspecified atom stereocenters. The zero-order valence-corrected chi connectivity index (χ0v) is 11.4.